The predicted molar refractivity (Wildman–Crippen MR) is 78.0 cm³/mol. The lowest BCUT2D eigenvalue weighted by atomic mass is 9.93. The first-order valence-corrected chi connectivity index (χ1v) is 7.93. The fourth-order valence-electron chi connectivity index (χ4n) is 4.49. The Morgan fingerprint density at radius 1 is 1.16 bits per heavy atom. The van der Waals surface area contributed by atoms with Crippen molar-refractivity contribution in [2.75, 3.05) is 19.6 Å². The minimum atomic E-state index is 0.762. The molecule has 4 rings (SSSR count). The van der Waals surface area contributed by atoms with Crippen LogP contribution in [0.25, 0.3) is 0 Å². The first-order chi connectivity index (χ1) is 9.40. The van der Waals surface area contributed by atoms with E-state index in [0.717, 1.165) is 24.4 Å². The standard InChI is InChI=1S/C17H24N2/c1-2-5-15-11-19(9-8-13(15)4-1)12-17-16-7-3-6-14(16)10-18-17/h1-2,4-5,14,16-18H,3,6-12H2. The summed E-state index contributed by atoms with van der Waals surface area (Å²) in [5.74, 6) is 1.96. The fourth-order valence-corrected chi connectivity index (χ4v) is 4.49. The maximum atomic E-state index is 3.79. The third-order valence-electron chi connectivity index (χ3n) is 5.54. The van der Waals surface area contributed by atoms with Gasteiger partial charge >= 0.3 is 0 Å². The second kappa shape index (κ2) is 4.92. The molecule has 3 atom stereocenters. The van der Waals surface area contributed by atoms with Crippen LogP contribution in [0.4, 0.5) is 0 Å². The largest absolute Gasteiger partial charge is 0.312 e. The molecule has 0 amide bonds. The van der Waals surface area contributed by atoms with Crippen LogP contribution in [0, 0.1) is 11.8 Å². The third kappa shape index (κ3) is 2.21. The molecule has 2 fully saturated rings. The molecule has 0 spiro atoms. The van der Waals surface area contributed by atoms with E-state index in [1.54, 1.807) is 11.1 Å². The van der Waals surface area contributed by atoms with Crippen LogP contribution in [0.3, 0.4) is 0 Å². The van der Waals surface area contributed by atoms with Crippen LogP contribution in [0.15, 0.2) is 24.3 Å². The van der Waals surface area contributed by atoms with E-state index in [9.17, 15) is 0 Å². The van der Waals surface area contributed by atoms with Crippen molar-refractivity contribution < 1.29 is 0 Å². The molecule has 1 saturated carbocycles. The maximum Gasteiger partial charge on any atom is 0.0237 e. The van der Waals surface area contributed by atoms with E-state index in [0.29, 0.717) is 0 Å². The molecule has 102 valence electrons. The molecule has 2 heteroatoms. The molecular formula is C17H24N2. The van der Waals surface area contributed by atoms with Crippen LogP contribution in [-0.2, 0) is 13.0 Å². The molecular weight excluding hydrogens is 232 g/mol. The molecule has 1 saturated heterocycles. The summed E-state index contributed by atoms with van der Waals surface area (Å²) >= 11 is 0. The quantitative estimate of drug-likeness (QED) is 0.874. The summed E-state index contributed by atoms with van der Waals surface area (Å²) in [5, 5.41) is 3.79. The van der Waals surface area contributed by atoms with Gasteiger partial charge < -0.3 is 5.32 Å². The van der Waals surface area contributed by atoms with E-state index >= 15 is 0 Å². The van der Waals surface area contributed by atoms with Gasteiger partial charge in [0.2, 0.25) is 0 Å². The molecule has 19 heavy (non-hydrogen) atoms. The summed E-state index contributed by atoms with van der Waals surface area (Å²) in [6, 6.07) is 9.73. The molecule has 2 nitrogen and oxygen atoms in total. The van der Waals surface area contributed by atoms with Crippen LogP contribution in [0.2, 0.25) is 0 Å². The Morgan fingerprint density at radius 3 is 3.00 bits per heavy atom. The topological polar surface area (TPSA) is 15.3 Å². The second-order valence-electron chi connectivity index (χ2n) is 6.62. The molecule has 0 radical (unpaired) electrons. The number of fused-ring (bicyclic) bond motifs is 2. The molecule has 0 bridgehead atoms. The monoisotopic (exact) mass is 256 g/mol. The van der Waals surface area contributed by atoms with Crippen molar-refractivity contribution in [1.82, 2.24) is 10.2 Å². The molecule has 3 aliphatic rings. The van der Waals surface area contributed by atoms with Crippen molar-refractivity contribution in [1.29, 1.82) is 0 Å². The van der Waals surface area contributed by atoms with E-state index in [1.165, 1.54) is 45.3 Å². The van der Waals surface area contributed by atoms with Gasteiger partial charge in [-0.2, -0.15) is 0 Å². The number of nitrogens with zero attached hydrogens (tertiary/aromatic N) is 1. The first kappa shape index (κ1) is 11.9. The Labute approximate surface area is 116 Å². The summed E-state index contributed by atoms with van der Waals surface area (Å²) in [7, 11) is 0. The molecule has 1 aromatic carbocycles. The van der Waals surface area contributed by atoms with E-state index in [2.05, 4.69) is 34.5 Å². The lowest BCUT2D eigenvalue weighted by Crippen LogP contribution is -2.42. The highest BCUT2D eigenvalue weighted by atomic mass is 15.2. The molecule has 2 heterocycles. The smallest absolute Gasteiger partial charge is 0.0237 e. The molecule has 2 aliphatic heterocycles. The van der Waals surface area contributed by atoms with Gasteiger partial charge in [0, 0.05) is 25.7 Å². The van der Waals surface area contributed by atoms with Gasteiger partial charge in [-0.15, -0.1) is 0 Å². The van der Waals surface area contributed by atoms with Crippen molar-refractivity contribution in [2.24, 2.45) is 11.8 Å². The average Bonchev–Trinajstić information content (AvgIpc) is 3.04. The van der Waals surface area contributed by atoms with Gasteiger partial charge in [0.15, 0.2) is 0 Å². The summed E-state index contributed by atoms with van der Waals surface area (Å²) in [4.78, 5) is 2.67. The Hall–Kier alpha value is -0.860. The van der Waals surface area contributed by atoms with Crippen LogP contribution < -0.4 is 5.32 Å². The number of benzene rings is 1. The highest BCUT2D eigenvalue weighted by Crippen LogP contribution is 2.38. The summed E-state index contributed by atoms with van der Waals surface area (Å²) < 4.78 is 0. The number of hydrogen-bond acceptors (Lipinski definition) is 2. The average molecular weight is 256 g/mol. The number of nitrogens with one attached hydrogen (secondary N) is 1. The van der Waals surface area contributed by atoms with E-state index in [1.807, 2.05) is 0 Å². The van der Waals surface area contributed by atoms with Gasteiger partial charge in [0.25, 0.3) is 0 Å². The van der Waals surface area contributed by atoms with Gasteiger partial charge in [0.1, 0.15) is 0 Å². The Balaban J connectivity index is 1.42. The minimum Gasteiger partial charge on any atom is -0.312 e. The second-order valence-corrected chi connectivity index (χ2v) is 6.62. The molecule has 1 N–H and O–H groups in total. The molecule has 1 aliphatic carbocycles. The SMILES string of the molecule is c1ccc2c(c1)CCN(CC1NCC3CCCC31)C2. The van der Waals surface area contributed by atoms with Gasteiger partial charge in [-0.1, -0.05) is 30.7 Å². The lowest BCUT2D eigenvalue weighted by Gasteiger charge is -2.32. The van der Waals surface area contributed by atoms with Gasteiger partial charge in [-0.3, -0.25) is 4.90 Å². The number of rotatable bonds is 2. The zero-order chi connectivity index (χ0) is 12.7. The van der Waals surface area contributed by atoms with Crippen LogP contribution >= 0.6 is 0 Å². The van der Waals surface area contributed by atoms with Crippen molar-refractivity contribution in [3.05, 3.63) is 35.4 Å². The van der Waals surface area contributed by atoms with Crippen molar-refractivity contribution >= 4 is 0 Å². The predicted octanol–water partition coefficient (Wildman–Crippen LogP) is 2.43. The summed E-state index contributed by atoms with van der Waals surface area (Å²) in [6.07, 6.45) is 5.64. The summed E-state index contributed by atoms with van der Waals surface area (Å²) in [5.41, 5.74) is 3.12. The zero-order valence-corrected chi connectivity index (χ0v) is 11.6. The lowest BCUT2D eigenvalue weighted by molar-refractivity contribution is 0.210. The van der Waals surface area contributed by atoms with Crippen molar-refractivity contribution in [3.63, 3.8) is 0 Å². The molecule has 1 aromatic rings. The highest BCUT2D eigenvalue weighted by Gasteiger charge is 2.39. The summed E-state index contributed by atoms with van der Waals surface area (Å²) in [6.45, 7) is 4.94. The molecule has 3 unspecified atom stereocenters. The van der Waals surface area contributed by atoms with Gasteiger partial charge in [0.05, 0.1) is 0 Å². The van der Waals surface area contributed by atoms with E-state index in [-0.39, 0.29) is 0 Å². The van der Waals surface area contributed by atoms with Gasteiger partial charge in [-0.25, -0.2) is 0 Å². The Morgan fingerprint density at radius 2 is 2.05 bits per heavy atom. The van der Waals surface area contributed by atoms with Crippen LogP contribution in [0.5, 0.6) is 0 Å². The highest BCUT2D eigenvalue weighted by molar-refractivity contribution is 5.29. The van der Waals surface area contributed by atoms with Crippen molar-refractivity contribution in [3.8, 4) is 0 Å². The Kier molecular flexibility index (Phi) is 3.08. The fraction of sp³-hybridized carbons (Fsp3) is 0.647. The third-order valence-corrected chi connectivity index (χ3v) is 5.54. The molecule has 0 aromatic heterocycles. The maximum absolute atomic E-state index is 3.79. The first-order valence-electron chi connectivity index (χ1n) is 7.93. The van der Waals surface area contributed by atoms with E-state index in [4.69, 9.17) is 0 Å². The van der Waals surface area contributed by atoms with Gasteiger partial charge in [-0.05, 0) is 48.8 Å². The normalized spacial score (nSPS) is 34.2. The van der Waals surface area contributed by atoms with Crippen LogP contribution in [0.1, 0.15) is 30.4 Å². The van der Waals surface area contributed by atoms with E-state index < -0.39 is 0 Å². The van der Waals surface area contributed by atoms with Crippen LogP contribution in [-0.4, -0.2) is 30.6 Å². The van der Waals surface area contributed by atoms with Crippen molar-refractivity contribution in [2.45, 2.75) is 38.3 Å². The number of hydrogen-bond donors (Lipinski definition) is 1. The zero-order valence-electron chi connectivity index (χ0n) is 11.6. The minimum absolute atomic E-state index is 0.762. The Bertz CT molecular complexity index is 456.